The van der Waals surface area contributed by atoms with Gasteiger partial charge in [-0.2, -0.15) is 5.10 Å². The van der Waals surface area contributed by atoms with E-state index in [4.69, 9.17) is 5.73 Å². The van der Waals surface area contributed by atoms with Gasteiger partial charge < -0.3 is 5.73 Å². The standard InChI is InChI=1S/C14H14N4/c1-9-5-10(3-4-16-9)12-6-11-8-17-18(2)14(11)7-13(12)15/h3-8H,15H2,1-2H3. The molecule has 0 radical (unpaired) electrons. The van der Waals surface area contributed by atoms with Crippen LogP contribution in [0.3, 0.4) is 0 Å². The number of anilines is 1. The molecule has 3 rings (SSSR count). The molecule has 4 nitrogen and oxygen atoms in total. The summed E-state index contributed by atoms with van der Waals surface area (Å²) in [6, 6.07) is 8.05. The van der Waals surface area contributed by atoms with Gasteiger partial charge in [0.25, 0.3) is 0 Å². The molecule has 18 heavy (non-hydrogen) atoms. The molecule has 0 saturated carbocycles. The van der Waals surface area contributed by atoms with E-state index in [1.165, 1.54) is 0 Å². The van der Waals surface area contributed by atoms with Gasteiger partial charge in [-0.25, -0.2) is 0 Å². The lowest BCUT2D eigenvalue weighted by molar-refractivity contribution is 0.797. The van der Waals surface area contributed by atoms with Crippen LogP contribution in [0.15, 0.2) is 36.7 Å². The van der Waals surface area contributed by atoms with Crippen LogP contribution in [0.5, 0.6) is 0 Å². The third kappa shape index (κ3) is 1.62. The molecule has 0 aliphatic heterocycles. The molecule has 4 heteroatoms. The molecule has 1 aromatic carbocycles. The number of nitrogen functional groups attached to an aromatic ring is 1. The quantitative estimate of drug-likeness (QED) is 0.663. The molecule has 0 unspecified atom stereocenters. The minimum absolute atomic E-state index is 0.761. The van der Waals surface area contributed by atoms with Crippen molar-refractivity contribution in [3.05, 3.63) is 42.4 Å². The van der Waals surface area contributed by atoms with Gasteiger partial charge >= 0.3 is 0 Å². The third-order valence-electron chi connectivity index (χ3n) is 3.13. The van der Waals surface area contributed by atoms with Gasteiger partial charge in [0.2, 0.25) is 0 Å². The molecular weight excluding hydrogens is 224 g/mol. The number of hydrogen-bond acceptors (Lipinski definition) is 3. The van der Waals surface area contributed by atoms with E-state index in [1.54, 1.807) is 6.20 Å². The number of nitrogens with two attached hydrogens (primary N) is 1. The van der Waals surface area contributed by atoms with Gasteiger partial charge in [-0.05, 0) is 36.8 Å². The summed E-state index contributed by atoms with van der Waals surface area (Å²) < 4.78 is 1.83. The fourth-order valence-corrected chi connectivity index (χ4v) is 2.18. The molecule has 90 valence electrons. The van der Waals surface area contributed by atoms with E-state index < -0.39 is 0 Å². The number of hydrogen-bond donors (Lipinski definition) is 1. The van der Waals surface area contributed by atoms with Crippen LogP contribution >= 0.6 is 0 Å². The number of aryl methyl sites for hydroxylation is 2. The van der Waals surface area contributed by atoms with Gasteiger partial charge in [0, 0.05) is 35.6 Å². The second-order valence-electron chi connectivity index (χ2n) is 4.45. The Kier molecular flexibility index (Phi) is 2.30. The van der Waals surface area contributed by atoms with Gasteiger partial charge in [0.05, 0.1) is 11.7 Å². The van der Waals surface area contributed by atoms with Crippen LogP contribution in [0, 0.1) is 6.92 Å². The van der Waals surface area contributed by atoms with Crippen LogP contribution < -0.4 is 5.73 Å². The third-order valence-corrected chi connectivity index (χ3v) is 3.13. The zero-order chi connectivity index (χ0) is 12.7. The van der Waals surface area contributed by atoms with E-state index in [-0.39, 0.29) is 0 Å². The molecular formula is C14H14N4. The van der Waals surface area contributed by atoms with Crippen LogP contribution in [0.1, 0.15) is 5.69 Å². The van der Waals surface area contributed by atoms with Crippen molar-refractivity contribution < 1.29 is 0 Å². The highest BCUT2D eigenvalue weighted by atomic mass is 15.2. The maximum Gasteiger partial charge on any atom is 0.0699 e. The lowest BCUT2D eigenvalue weighted by atomic mass is 10.0. The molecule has 0 aliphatic rings. The second-order valence-corrected chi connectivity index (χ2v) is 4.45. The van der Waals surface area contributed by atoms with Gasteiger partial charge in [0.15, 0.2) is 0 Å². The summed E-state index contributed by atoms with van der Waals surface area (Å²) in [6.07, 6.45) is 3.66. The summed E-state index contributed by atoms with van der Waals surface area (Å²) in [7, 11) is 1.91. The van der Waals surface area contributed by atoms with Gasteiger partial charge in [-0.15, -0.1) is 0 Å². The first kappa shape index (κ1) is 10.8. The highest BCUT2D eigenvalue weighted by Crippen LogP contribution is 2.30. The predicted octanol–water partition coefficient (Wildman–Crippen LogP) is 2.53. The van der Waals surface area contributed by atoms with Crippen molar-refractivity contribution in [2.24, 2.45) is 7.05 Å². The number of fused-ring (bicyclic) bond motifs is 1. The SMILES string of the molecule is Cc1cc(-c2cc3cnn(C)c3cc2N)ccn1. The Morgan fingerprint density at radius 1 is 1.22 bits per heavy atom. The minimum Gasteiger partial charge on any atom is -0.398 e. The number of aromatic nitrogens is 3. The van der Waals surface area contributed by atoms with Crippen LogP contribution in [0.2, 0.25) is 0 Å². The molecule has 2 N–H and O–H groups in total. The van der Waals surface area contributed by atoms with Gasteiger partial charge in [-0.1, -0.05) is 0 Å². The largest absolute Gasteiger partial charge is 0.398 e. The molecule has 2 aromatic heterocycles. The summed E-state index contributed by atoms with van der Waals surface area (Å²) in [4.78, 5) is 4.20. The Balaban J connectivity index is 2.26. The zero-order valence-electron chi connectivity index (χ0n) is 10.4. The Bertz CT molecular complexity index is 728. The first-order valence-corrected chi connectivity index (χ1v) is 5.79. The Labute approximate surface area is 105 Å². The van der Waals surface area contributed by atoms with Crippen molar-refractivity contribution in [3.63, 3.8) is 0 Å². The maximum absolute atomic E-state index is 6.14. The van der Waals surface area contributed by atoms with E-state index in [0.29, 0.717) is 0 Å². The predicted molar refractivity (Wildman–Crippen MR) is 73.1 cm³/mol. The smallest absolute Gasteiger partial charge is 0.0699 e. The van der Waals surface area contributed by atoms with Crippen LogP contribution in [0.4, 0.5) is 5.69 Å². The van der Waals surface area contributed by atoms with Crippen LogP contribution in [-0.2, 0) is 7.05 Å². The normalized spacial score (nSPS) is 11.0. The first-order valence-electron chi connectivity index (χ1n) is 5.79. The Morgan fingerprint density at radius 3 is 2.83 bits per heavy atom. The van der Waals surface area contributed by atoms with Crippen molar-refractivity contribution in [1.29, 1.82) is 0 Å². The van der Waals surface area contributed by atoms with Crippen LogP contribution in [0.25, 0.3) is 22.0 Å². The number of pyridine rings is 1. The summed E-state index contributed by atoms with van der Waals surface area (Å²) in [5.41, 5.74) is 11.0. The molecule has 0 fully saturated rings. The van der Waals surface area contributed by atoms with Crippen molar-refractivity contribution in [1.82, 2.24) is 14.8 Å². The topological polar surface area (TPSA) is 56.7 Å². The monoisotopic (exact) mass is 238 g/mol. The van der Waals surface area contributed by atoms with E-state index >= 15 is 0 Å². The van der Waals surface area contributed by atoms with E-state index in [2.05, 4.69) is 16.1 Å². The van der Waals surface area contributed by atoms with E-state index in [0.717, 1.165) is 33.4 Å². The van der Waals surface area contributed by atoms with Crippen molar-refractivity contribution in [3.8, 4) is 11.1 Å². The minimum atomic E-state index is 0.761. The van der Waals surface area contributed by atoms with E-state index in [1.807, 2.05) is 43.0 Å². The molecule has 0 bridgehead atoms. The molecule has 0 saturated heterocycles. The summed E-state index contributed by atoms with van der Waals surface area (Å²) in [5.74, 6) is 0. The molecule has 0 amide bonds. The highest BCUT2D eigenvalue weighted by molar-refractivity contribution is 5.91. The van der Waals surface area contributed by atoms with E-state index in [9.17, 15) is 0 Å². The average molecular weight is 238 g/mol. The first-order chi connectivity index (χ1) is 8.65. The molecule has 0 spiro atoms. The van der Waals surface area contributed by atoms with Crippen molar-refractivity contribution >= 4 is 16.6 Å². The van der Waals surface area contributed by atoms with Crippen LogP contribution in [-0.4, -0.2) is 14.8 Å². The van der Waals surface area contributed by atoms with Crippen molar-refractivity contribution in [2.45, 2.75) is 6.92 Å². The van der Waals surface area contributed by atoms with Gasteiger partial charge in [0.1, 0.15) is 0 Å². The number of benzene rings is 1. The summed E-state index contributed by atoms with van der Waals surface area (Å²) >= 11 is 0. The number of nitrogens with zero attached hydrogens (tertiary/aromatic N) is 3. The molecule has 0 aliphatic carbocycles. The van der Waals surface area contributed by atoms with Crippen molar-refractivity contribution in [2.75, 3.05) is 5.73 Å². The fraction of sp³-hybridized carbons (Fsp3) is 0.143. The Morgan fingerprint density at radius 2 is 2.06 bits per heavy atom. The lowest BCUT2D eigenvalue weighted by Gasteiger charge is -2.07. The zero-order valence-corrected chi connectivity index (χ0v) is 10.4. The highest BCUT2D eigenvalue weighted by Gasteiger charge is 2.07. The molecule has 3 aromatic rings. The summed E-state index contributed by atoms with van der Waals surface area (Å²) in [6.45, 7) is 1.97. The number of rotatable bonds is 1. The van der Waals surface area contributed by atoms with Gasteiger partial charge in [-0.3, -0.25) is 9.67 Å². The summed E-state index contributed by atoms with van der Waals surface area (Å²) in [5, 5.41) is 5.33. The maximum atomic E-state index is 6.14. The molecule has 2 heterocycles. The lowest BCUT2D eigenvalue weighted by Crippen LogP contribution is -1.94. The molecule has 0 atom stereocenters. The average Bonchev–Trinajstić information content (AvgIpc) is 2.70. The Hall–Kier alpha value is -2.36. The second kappa shape index (κ2) is 3.84. The fourth-order valence-electron chi connectivity index (χ4n) is 2.18.